The second kappa shape index (κ2) is 5.27. The average molecular weight is 275 g/mol. The molecule has 0 aromatic heterocycles. The topological polar surface area (TPSA) is 57.1 Å². The molecule has 20 heavy (non-hydrogen) atoms. The number of nitrogens with zero attached hydrogens (tertiary/aromatic N) is 1. The highest BCUT2D eigenvalue weighted by atomic mass is 16.6. The van der Waals surface area contributed by atoms with E-state index in [9.17, 15) is 4.79 Å². The summed E-state index contributed by atoms with van der Waals surface area (Å²) in [7, 11) is 1.61. The second-order valence-corrected chi connectivity index (χ2v) is 5.18. The Kier molecular flexibility index (Phi) is 3.47. The molecule has 1 unspecified atom stereocenters. The molecular weight excluding hydrogens is 258 g/mol. The molecule has 1 saturated carbocycles. The smallest absolute Gasteiger partial charge is 0.235 e. The molecule has 5 nitrogen and oxygen atoms in total. The summed E-state index contributed by atoms with van der Waals surface area (Å²) in [5.74, 6) is 1.35. The molecule has 1 saturated heterocycles. The van der Waals surface area contributed by atoms with Crippen molar-refractivity contribution in [3.63, 3.8) is 0 Å². The molecule has 106 valence electrons. The van der Waals surface area contributed by atoms with Gasteiger partial charge in [-0.2, -0.15) is 4.99 Å². The Balaban J connectivity index is 1.93. The molecule has 0 spiro atoms. The Morgan fingerprint density at radius 1 is 1.45 bits per heavy atom. The number of carbonyl (C=O) groups excluding carboxylic acids is 1. The summed E-state index contributed by atoms with van der Waals surface area (Å²) in [6, 6.07) is 5.72. The number of hydrogen-bond acceptors (Lipinski definition) is 5. The zero-order valence-electron chi connectivity index (χ0n) is 11.4. The molecule has 0 bridgehead atoms. The van der Waals surface area contributed by atoms with Crippen molar-refractivity contribution in [1.82, 2.24) is 0 Å². The lowest BCUT2D eigenvalue weighted by Crippen LogP contribution is -2.17. The molecular formula is C15H17NO4. The van der Waals surface area contributed by atoms with Gasteiger partial charge in [0.05, 0.1) is 20.3 Å². The molecule has 5 heteroatoms. The van der Waals surface area contributed by atoms with Crippen LogP contribution < -0.4 is 9.47 Å². The van der Waals surface area contributed by atoms with Crippen LogP contribution in [0, 0.1) is 0 Å². The lowest BCUT2D eigenvalue weighted by atomic mass is 10.0. The van der Waals surface area contributed by atoms with Crippen LogP contribution in [0.5, 0.6) is 11.5 Å². The van der Waals surface area contributed by atoms with Crippen LogP contribution in [-0.2, 0) is 15.1 Å². The van der Waals surface area contributed by atoms with E-state index in [1.807, 2.05) is 18.2 Å². The Morgan fingerprint density at radius 2 is 2.30 bits per heavy atom. The number of hydrogen-bond donors (Lipinski definition) is 0. The van der Waals surface area contributed by atoms with Gasteiger partial charge in [0.15, 0.2) is 11.5 Å². The third kappa shape index (κ3) is 2.30. The molecule has 1 aliphatic heterocycles. The fraction of sp³-hybridized carbons (Fsp3) is 0.533. The van der Waals surface area contributed by atoms with Crippen molar-refractivity contribution in [3.05, 3.63) is 23.8 Å². The summed E-state index contributed by atoms with van der Waals surface area (Å²) in [6.07, 6.45) is 4.29. The van der Waals surface area contributed by atoms with Gasteiger partial charge < -0.3 is 14.2 Å². The monoisotopic (exact) mass is 275 g/mol. The van der Waals surface area contributed by atoms with E-state index in [1.165, 1.54) is 0 Å². The lowest BCUT2D eigenvalue weighted by Gasteiger charge is -2.19. The Morgan fingerprint density at radius 3 is 2.90 bits per heavy atom. The summed E-state index contributed by atoms with van der Waals surface area (Å²) < 4.78 is 16.8. The SMILES string of the molecule is COc1c(OC2CCOC2)cccc1C1(N=C=O)CC1. The zero-order chi connectivity index (χ0) is 14.0. The van der Waals surface area contributed by atoms with E-state index in [-0.39, 0.29) is 6.10 Å². The van der Waals surface area contributed by atoms with Crippen molar-refractivity contribution >= 4 is 6.08 Å². The molecule has 1 aromatic rings. The van der Waals surface area contributed by atoms with Crippen LogP contribution in [-0.4, -0.2) is 32.5 Å². The predicted molar refractivity (Wildman–Crippen MR) is 71.9 cm³/mol. The third-order valence-corrected chi connectivity index (χ3v) is 3.85. The number of para-hydroxylation sites is 1. The highest BCUT2D eigenvalue weighted by molar-refractivity contribution is 5.53. The van der Waals surface area contributed by atoms with Gasteiger partial charge in [-0.3, -0.25) is 0 Å². The van der Waals surface area contributed by atoms with E-state index in [4.69, 9.17) is 14.2 Å². The summed E-state index contributed by atoms with van der Waals surface area (Å²) in [5, 5.41) is 0. The quantitative estimate of drug-likeness (QED) is 0.610. The van der Waals surface area contributed by atoms with Gasteiger partial charge in [0.1, 0.15) is 11.6 Å². The van der Waals surface area contributed by atoms with E-state index >= 15 is 0 Å². The van der Waals surface area contributed by atoms with E-state index in [0.717, 1.165) is 31.4 Å². The van der Waals surface area contributed by atoms with Crippen LogP contribution in [0.3, 0.4) is 0 Å². The summed E-state index contributed by atoms with van der Waals surface area (Å²) in [4.78, 5) is 14.6. The van der Waals surface area contributed by atoms with Gasteiger partial charge in [0.2, 0.25) is 6.08 Å². The van der Waals surface area contributed by atoms with Crippen molar-refractivity contribution < 1.29 is 19.0 Å². The fourth-order valence-electron chi connectivity index (χ4n) is 2.62. The van der Waals surface area contributed by atoms with E-state index < -0.39 is 5.54 Å². The van der Waals surface area contributed by atoms with Crippen molar-refractivity contribution in [2.24, 2.45) is 4.99 Å². The van der Waals surface area contributed by atoms with E-state index in [1.54, 1.807) is 13.2 Å². The minimum absolute atomic E-state index is 0.0591. The number of benzene rings is 1. The molecule has 2 fully saturated rings. The highest BCUT2D eigenvalue weighted by Gasteiger charge is 2.47. The number of isocyanates is 1. The van der Waals surface area contributed by atoms with Gasteiger partial charge in [-0.1, -0.05) is 12.1 Å². The lowest BCUT2D eigenvalue weighted by molar-refractivity contribution is 0.138. The number of methoxy groups -OCH3 is 1. The van der Waals surface area contributed by atoms with Crippen LogP contribution in [0.4, 0.5) is 0 Å². The van der Waals surface area contributed by atoms with Crippen molar-refractivity contribution in [3.8, 4) is 11.5 Å². The van der Waals surface area contributed by atoms with Gasteiger partial charge in [-0.05, 0) is 18.9 Å². The Hall–Kier alpha value is -1.84. The van der Waals surface area contributed by atoms with Gasteiger partial charge in [0, 0.05) is 12.0 Å². The van der Waals surface area contributed by atoms with E-state index in [0.29, 0.717) is 18.1 Å². The van der Waals surface area contributed by atoms with Crippen LogP contribution in [0.2, 0.25) is 0 Å². The normalized spacial score (nSPS) is 22.9. The second-order valence-electron chi connectivity index (χ2n) is 5.18. The molecule has 0 N–H and O–H groups in total. The maximum atomic E-state index is 10.6. The minimum atomic E-state index is -0.460. The van der Waals surface area contributed by atoms with E-state index in [2.05, 4.69) is 4.99 Å². The van der Waals surface area contributed by atoms with Gasteiger partial charge in [-0.25, -0.2) is 4.79 Å². The number of ether oxygens (including phenoxy) is 3. The van der Waals surface area contributed by atoms with Crippen LogP contribution >= 0.6 is 0 Å². The first-order chi connectivity index (χ1) is 9.79. The first-order valence-electron chi connectivity index (χ1n) is 6.80. The maximum absolute atomic E-state index is 10.6. The van der Waals surface area contributed by atoms with Gasteiger partial charge in [0.25, 0.3) is 0 Å². The maximum Gasteiger partial charge on any atom is 0.235 e. The molecule has 1 aromatic carbocycles. The molecule has 0 amide bonds. The minimum Gasteiger partial charge on any atom is -0.492 e. The predicted octanol–water partition coefficient (Wildman–Crippen LogP) is 2.19. The molecule has 1 heterocycles. The summed E-state index contributed by atoms with van der Waals surface area (Å²) in [6.45, 7) is 1.33. The molecule has 0 radical (unpaired) electrons. The number of rotatable bonds is 5. The van der Waals surface area contributed by atoms with Crippen molar-refractivity contribution in [1.29, 1.82) is 0 Å². The fourth-order valence-corrected chi connectivity index (χ4v) is 2.62. The van der Waals surface area contributed by atoms with Crippen LogP contribution in [0.25, 0.3) is 0 Å². The first kappa shape index (κ1) is 13.2. The Bertz CT molecular complexity index is 541. The summed E-state index contributed by atoms with van der Waals surface area (Å²) in [5.41, 5.74) is 0.443. The first-order valence-corrected chi connectivity index (χ1v) is 6.80. The average Bonchev–Trinajstić information content (AvgIpc) is 3.06. The molecule has 2 aliphatic rings. The highest BCUT2D eigenvalue weighted by Crippen LogP contribution is 2.54. The van der Waals surface area contributed by atoms with Crippen molar-refractivity contribution in [2.75, 3.05) is 20.3 Å². The molecule has 1 aliphatic carbocycles. The van der Waals surface area contributed by atoms with Crippen LogP contribution in [0.15, 0.2) is 23.2 Å². The summed E-state index contributed by atoms with van der Waals surface area (Å²) >= 11 is 0. The third-order valence-electron chi connectivity index (χ3n) is 3.85. The molecule has 3 rings (SSSR count). The standard InChI is InChI=1S/C15H17NO4/c1-18-14-12(15(6-7-15)16-10-17)3-2-4-13(14)20-11-5-8-19-9-11/h2-4,11H,5-9H2,1H3. The van der Waals surface area contributed by atoms with Crippen LogP contribution in [0.1, 0.15) is 24.8 Å². The Labute approximate surface area is 117 Å². The largest absolute Gasteiger partial charge is 0.492 e. The van der Waals surface area contributed by atoms with Gasteiger partial charge >= 0.3 is 0 Å². The van der Waals surface area contributed by atoms with Gasteiger partial charge in [-0.15, -0.1) is 0 Å². The zero-order valence-corrected chi connectivity index (χ0v) is 11.4. The molecule has 1 atom stereocenters. The van der Waals surface area contributed by atoms with Crippen molar-refractivity contribution in [2.45, 2.75) is 30.9 Å². The number of aliphatic imine (C=N–C) groups is 1.